The summed E-state index contributed by atoms with van der Waals surface area (Å²) in [6, 6.07) is 2.51. The molecule has 0 saturated heterocycles. The third kappa shape index (κ3) is 2.58. The van der Waals surface area contributed by atoms with Gasteiger partial charge in [-0.2, -0.15) is 0 Å². The number of pyridine rings is 1. The van der Waals surface area contributed by atoms with E-state index in [1.165, 1.54) is 0 Å². The van der Waals surface area contributed by atoms with Gasteiger partial charge in [-0.1, -0.05) is 0 Å². The predicted molar refractivity (Wildman–Crippen MR) is 65.3 cm³/mol. The van der Waals surface area contributed by atoms with Crippen molar-refractivity contribution in [2.24, 2.45) is 11.7 Å². The highest BCUT2D eigenvalue weighted by Gasteiger charge is 2.37. The third-order valence-corrected chi connectivity index (χ3v) is 2.95. The summed E-state index contributed by atoms with van der Waals surface area (Å²) in [5, 5.41) is 12.0. The number of carboxylic acids is 1. The molecule has 0 spiro atoms. The average Bonchev–Trinajstić information content (AvgIpc) is 3.08. The minimum absolute atomic E-state index is 0.102. The van der Waals surface area contributed by atoms with Gasteiger partial charge in [-0.25, -0.2) is 9.78 Å². The van der Waals surface area contributed by atoms with Gasteiger partial charge in [-0.3, -0.25) is 4.79 Å². The molecule has 0 bridgehead atoms. The van der Waals surface area contributed by atoms with Gasteiger partial charge < -0.3 is 16.2 Å². The monoisotopic (exact) mass is 249 g/mol. The number of carboxylic acid groups (broad SMARTS) is 1. The number of carbonyl (C=O) groups excluding carboxylic acids is 1. The average molecular weight is 249 g/mol. The summed E-state index contributed by atoms with van der Waals surface area (Å²) in [7, 11) is 0. The number of nitrogens with one attached hydrogen (secondary N) is 1. The summed E-state index contributed by atoms with van der Waals surface area (Å²) in [4.78, 5) is 26.6. The Kier molecular flexibility index (Phi) is 3.18. The maximum Gasteiger partial charge on any atom is 0.326 e. The van der Waals surface area contributed by atoms with Crippen LogP contribution < -0.4 is 11.1 Å². The summed E-state index contributed by atoms with van der Waals surface area (Å²) in [6.45, 7) is 1.77. The van der Waals surface area contributed by atoms with E-state index in [2.05, 4.69) is 10.3 Å². The molecule has 96 valence electrons. The lowest BCUT2D eigenvalue weighted by Crippen LogP contribution is -2.33. The first-order valence-electron chi connectivity index (χ1n) is 5.76. The molecule has 1 aromatic rings. The predicted octanol–water partition coefficient (Wildman–Crippen LogP) is 0.764. The van der Waals surface area contributed by atoms with Gasteiger partial charge in [-0.15, -0.1) is 0 Å². The summed E-state index contributed by atoms with van der Waals surface area (Å²) in [5.74, 6) is -1.20. The highest BCUT2D eigenvalue weighted by atomic mass is 16.4. The number of hydrogen-bond donors (Lipinski definition) is 3. The maximum atomic E-state index is 11.3. The van der Waals surface area contributed by atoms with Crippen LogP contribution >= 0.6 is 0 Å². The molecular formula is C12H15N3O3. The van der Waals surface area contributed by atoms with Crippen molar-refractivity contribution in [2.75, 3.05) is 5.32 Å². The van der Waals surface area contributed by atoms with Crippen LogP contribution in [0.5, 0.6) is 0 Å². The van der Waals surface area contributed by atoms with Gasteiger partial charge in [-0.05, 0) is 37.8 Å². The van der Waals surface area contributed by atoms with Gasteiger partial charge in [0.15, 0.2) is 0 Å². The number of anilines is 1. The van der Waals surface area contributed by atoms with Crippen LogP contribution in [0.25, 0.3) is 0 Å². The Bertz CT molecular complexity index is 497. The second-order valence-corrected chi connectivity index (χ2v) is 4.51. The van der Waals surface area contributed by atoms with Gasteiger partial charge >= 0.3 is 5.97 Å². The summed E-state index contributed by atoms with van der Waals surface area (Å²) in [6.07, 6.45) is 1.75. The molecule has 1 aliphatic carbocycles. The highest BCUT2D eigenvalue weighted by Crippen LogP contribution is 2.34. The molecule has 1 unspecified atom stereocenters. The number of nitrogens with two attached hydrogens (primary N) is 1. The molecule has 18 heavy (non-hydrogen) atoms. The maximum absolute atomic E-state index is 11.3. The zero-order valence-electron chi connectivity index (χ0n) is 10.0. The van der Waals surface area contributed by atoms with E-state index < -0.39 is 17.9 Å². The van der Waals surface area contributed by atoms with E-state index in [1.54, 1.807) is 19.1 Å². The molecule has 0 radical (unpaired) electrons. The third-order valence-electron chi connectivity index (χ3n) is 2.95. The number of rotatable bonds is 5. The zero-order valence-corrected chi connectivity index (χ0v) is 10.0. The van der Waals surface area contributed by atoms with Crippen LogP contribution in [0.1, 0.15) is 28.9 Å². The Morgan fingerprint density at radius 1 is 1.50 bits per heavy atom. The number of hydrogen-bond acceptors (Lipinski definition) is 4. The Morgan fingerprint density at radius 3 is 2.67 bits per heavy atom. The van der Waals surface area contributed by atoms with Crippen molar-refractivity contribution >= 4 is 17.7 Å². The highest BCUT2D eigenvalue weighted by molar-refractivity contribution is 5.98. The van der Waals surface area contributed by atoms with E-state index in [-0.39, 0.29) is 17.3 Å². The Labute approximate surface area is 104 Å². The second-order valence-electron chi connectivity index (χ2n) is 4.51. The van der Waals surface area contributed by atoms with Gasteiger partial charge in [0.2, 0.25) is 0 Å². The Hall–Kier alpha value is -2.11. The molecular weight excluding hydrogens is 234 g/mol. The van der Waals surface area contributed by atoms with E-state index in [0.717, 1.165) is 12.8 Å². The second kappa shape index (κ2) is 4.64. The first kappa shape index (κ1) is 12.3. The Balaban J connectivity index is 2.28. The van der Waals surface area contributed by atoms with E-state index in [9.17, 15) is 9.59 Å². The number of primary amides is 1. The summed E-state index contributed by atoms with van der Waals surface area (Å²) >= 11 is 0. The number of carbonyl (C=O) groups is 2. The van der Waals surface area contributed by atoms with Crippen LogP contribution in [0.15, 0.2) is 12.1 Å². The normalized spacial score (nSPS) is 16.1. The van der Waals surface area contributed by atoms with E-state index >= 15 is 0 Å². The molecule has 1 saturated carbocycles. The van der Waals surface area contributed by atoms with Crippen molar-refractivity contribution in [3.05, 3.63) is 23.4 Å². The number of aromatic nitrogens is 1. The standard InChI is InChI=1S/C12H15N3O3/c1-6-2-5-8(10(13)16)11(14-6)15-9(12(17)18)7-3-4-7/h2,5,7,9H,3-4H2,1H3,(H2,13,16)(H,14,15)(H,17,18). The number of aryl methyl sites for hydroxylation is 1. The molecule has 4 N–H and O–H groups in total. The fourth-order valence-corrected chi connectivity index (χ4v) is 1.82. The van der Waals surface area contributed by atoms with Crippen LogP contribution in [-0.4, -0.2) is 28.0 Å². The molecule has 6 heteroatoms. The fraction of sp³-hybridized carbons (Fsp3) is 0.417. The van der Waals surface area contributed by atoms with Crippen LogP contribution in [0, 0.1) is 12.8 Å². The Morgan fingerprint density at radius 2 is 2.17 bits per heavy atom. The van der Waals surface area contributed by atoms with Crippen LogP contribution in [0.3, 0.4) is 0 Å². The molecule has 6 nitrogen and oxygen atoms in total. The van der Waals surface area contributed by atoms with E-state index in [4.69, 9.17) is 10.8 Å². The molecule has 1 aliphatic rings. The fourth-order valence-electron chi connectivity index (χ4n) is 1.82. The van der Waals surface area contributed by atoms with Crippen molar-refractivity contribution in [3.63, 3.8) is 0 Å². The first-order chi connectivity index (χ1) is 8.49. The van der Waals surface area contributed by atoms with Gasteiger partial charge in [0.1, 0.15) is 11.9 Å². The largest absolute Gasteiger partial charge is 0.480 e. The lowest BCUT2D eigenvalue weighted by molar-refractivity contribution is -0.138. The molecule has 1 fully saturated rings. The summed E-state index contributed by atoms with van der Waals surface area (Å²) in [5.41, 5.74) is 6.15. The number of amides is 1. The van der Waals surface area contributed by atoms with Crippen LogP contribution in [0.2, 0.25) is 0 Å². The molecule has 0 aromatic carbocycles. The zero-order chi connectivity index (χ0) is 13.3. The van der Waals surface area contributed by atoms with Crippen LogP contribution in [-0.2, 0) is 4.79 Å². The molecule has 0 aliphatic heterocycles. The molecule has 1 aromatic heterocycles. The van der Waals surface area contributed by atoms with Gasteiger partial charge in [0.25, 0.3) is 5.91 Å². The molecule has 1 heterocycles. The number of aliphatic carboxylic acids is 1. The summed E-state index contributed by atoms with van der Waals surface area (Å²) < 4.78 is 0. The lowest BCUT2D eigenvalue weighted by Gasteiger charge is -2.16. The SMILES string of the molecule is Cc1ccc(C(N)=O)c(NC(C(=O)O)C2CC2)n1. The molecule has 1 atom stereocenters. The van der Waals surface area contributed by atoms with Gasteiger partial charge in [0.05, 0.1) is 5.56 Å². The first-order valence-corrected chi connectivity index (χ1v) is 5.76. The molecule has 1 amide bonds. The molecule has 2 rings (SSSR count). The van der Waals surface area contributed by atoms with Crippen molar-refractivity contribution in [1.29, 1.82) is 0 Å². The lowest BCUT2D eigenvalue weighted by atomic mass is 10.1. The topological polar surface area (TPSA) is 105 Å². The van der Waals surface area contributed by atoms with Crippen molar-refractivity contribution in [1.82, 2.24) is 4.98 Å². The van der Waals surface area contributed by atoms with Crippen molar-refractivity contribution in [3.8, 4) is 0 Å². The quantitative estimate of drug-likeness (QED) is 0.714. The van der Waals surface area contributed by atoms with Gasteiger partial charge in [0, 0.05) is 5.69 Å². The number of nitrogens with zero attached hydrogens (tertiary/aromatic N) is 1. The van der Waals surface area contributed by atoms with E-state index in [1.807, 2.05) is 0 Å². The van der Waals surface area contributed by atoms with Crippen LogP contribution in [0.4, 0.5) is 5.82 Å². The minimum Gasteiger partial charge on any atom is -0.480 e. The van der Waals surface area contributed by atoms with E-state index in [0.29, 0.717) is 5.69 Å². The van der Waals surface area contributed by atoms with Crippen molar-refractivity contribution < 1.29 is 14.7 Å². The smallest absolute Gasteiger partial charge is 0.326 e. The minimum atomic E-state index is -0.934. The van der Waals surface area contributed by atoms with Crippen molar-refractivity contribution in [2.45, 2.75) is 25.8 Å².